The van der Waals surface area contributed by atoms with E-state index in [1.165, 1.54) is 18.2 Å². The number of amides is 1. The van der Waals surface area contributed by atoms with Crippen molar-refractivity contribution in [1.82, 2.24) is 20.1 Å². The van der Waals surface area contributed by atoms with Crippen molar-refractivity contribution >= 4 is 27.5 Å². The molecular weight excluding hydrogens is 436 g/mol. The molecule has 2 aromatic rings. The Labute approximate surface area is 187 Å². The van der Waals surface area contributed by atoms with Crippen LogP contribution in [0.4, 0.5) is 0 Å². The number of rotatable bonds is 7. The lowest BCUT2D eigenvalue weighted by atomic mass is 9.93. The lowest BCUT2D eigenvalue weighted by Crippen LogP contribution is -2.49. The molecule has 2 fully saturated rings. The number of aromatic amines is 1. The standard InChI is InChI=1S/C21H28N4O4S2/c1-29-18-9-7-15(8-10-18)20-22-21(24-23-20)30-13-19(26)25(16-5-3-2-4-6-16)17-11-12-31(27,28)14-17/h7-10,16-17H,2-6,11-14H2,1H3,(H,22,23,24)/t17-/m0/s1. The third kappa shape index (κ3) is 5.41. The fraction of sp³-hybridized carbons (Fsp3) is 0.571. The number of sulfone groups is 1. The van der Waals surface area contributed by atoms with Gasteiger partial charge in [0.25, 0.3) is 0 Å². The number of carbonyl (C=O) groups is 1. The molecular formula is C21H28N4O4S2. The van der Waals surface area contributed by atoms with Gasteiger partial charge in [-0.3, -0.25) is 9.89 Å². The molecule has 0 bridgehead atoms. The summed E-state index contributed by atoms with van der Waals surface area (Å²) in [5, 5.41) is 7.64. The number of ether oxygens (including phenoxy) is 1. The van der Waals surface area contributed by atoms with Crippen LogP contribution in [0.15, 0.2) is 29.4 Å². The Kier molecular flexibility index (Phi) is 6.86. The topological polar surface area (TPSA) is 105 Å². The highest BCUT2D eigenvalue weighted by atomic mass is 32.2. The Balaban J connectivity index is 1.42. The maximum absolute atomic E-state index is 13.2. The smallest absolute Gasteiger partial charge is 0.233 e. The van der Waals surface area contributed by atoms with Crippen LogP contribution in [0.25, 0.3) is 11.4 Å². The molecule has 1 atom stereocenters. The molecule has 0 unspecified atom stereocenters. The van der Waals surface area contributed by atoms with Gasteiger partial charge in [0.2, 0.25) is 11.1 Å². The zero-order chi connectivity index (χ0) is 21.8. The summed E-state index contributed by atoms with van der Waals surface area (Å²) < 4.78 is 29.2. The molecule has 0 radical (unpaired) electrons. The maximum atomic E-state index is 13.2. The van der Waals surface area contributed by atoms with E-state index in [0.717, 1.165) is 37.0 Å². The maximum Gasteiger partial charge on any atom is 0.233 e. The van der Waals surface area contributed by atoms with Gasteiger partial charge >= 0.3 is 0 Å². The van der Waals surface area contributed by atoms with Crippen molar-refractivity contribution in [2.75, 3.05) is 24.4 Å². The summed E-state index contributed by atoms with van der Waals surface area (Å²) in [6, 6.07) is 7.43. The Bertz CT molecular complexity index is 1000. The molecule has 1 saturated heterocycles. The van der Waals surface area contributed by atoms with E-state index >= 15 is 0 Å². The Hall–Kier alpha value is -2.07. The highest BCUT2D eigenvalue weighted by molar-refractivity contribution is 7.99. The predicted octanol–water partition coefficient (Wildman–Crippen LogP) is 2.92. The van der Waals surface area contributed by atoms with Gasteiger partial charge in [-0.2, -0.15) is 0 Å². The molecule has 1 aliphatic carbocycles. The number of aromatic nitrogens is 3. The fourth-order valence-electron chi connectivity index (χ4n) is 4.45. The first kappa shape index (κ1) is 22.1. The van der Waals surface area contributed by atoms with Crippen LogP contribution in [0.1, 0.15) is 38.5 Å². The number of thioether (sulfide) groups is 1. The van der Waals surface area contributed by atoms with E-state index in [4.69, 9.17) is 4.74 Å². The summed E-state index contributed by atoms with van der Waals surface area (Å²) in [6.07, 6.45) is 5.81. The van der Waals surface area contributed by atoms with Crippen molar-refractivity contribution in [2.45, 2.75) is 55.8 Å². The zero-order valence-corrected chi connectivity index (χ0v) is 19.3. The van der Waals surface area contributed by atoms with E-state index in [2.05, 4.69) is 15.2 Å². The molecule has 0 spiro atoms. The fourth-order valence-corrected chi connectivity index (χ4v) is 6.83. The highest BCUT2D eigenvalue weighted by Gasteiger charge is 2.38. The van der Waals surface area contributed by atoms with Crippen LogP contribution in [-0.2, 0) is 14.6 Å². The van der Waals surface area contributed by atoms with Crippen LogP contribution in [0.5, 0.6) is 5.75 Å². The van der Waals surface area contributed by atoms with Gasteiger partial charge in [-0.1, -0.05) is 31.0 Å². The second kappa shape index (κ2) is 9.60. The van der Waals surface area contributed by atoms with Crippen LogP contribution in [0.3, 0.4) is 0 Å². The van der Waals surface area contributed by atoms with Gasteiger partial charge in [-0.15, -0.1) is 5.10 Å². The third-order valence-corrected chi connectivity index (χ3v) is 8.59. The second-order valence-electron chi connectivity index (χ2n) is 8.13. The van der Waals surface area contributed by atoms with Crippen LogP contribution >= 0.6 is 11.8 Å². The van der Waals surface area contributed by atoms with Crippen LogP contribution in [-0.4, -0.2) is 70.9 Å². The van der Waals surface area contributed by atoms with E-state index < -0.39 is 9.84 Å². The first-order valence-electron chi connectivity index (χ1n) is 10.7. The van der Waals surface area contributed by atoms with Crippen molar-refractivity contribution < 1.29 is 17.9 Å². The predicted molar refractivity (Wildman–Crippen MR) is 120 cm³/mol. The van der Waals surface area contributed by atoms with Gasteiger partial charge in [0.1, 0.15) is 5.75 Å². The van der Waals surface area contributed by atoms with Gasteiger partial charge in [-0.05, 0) is 43.5 Å². The SMILES string of the molecule is COc1ccc(-c2nc(SCC(=O)N(C3CCCCC3)[C@H]3CCS(=O)(=O)C3)n[nH]2)cc1. The lowest BCUT2D eigenvalue weighted by molar-refractivity contribution is -0.133. The van der Waals surface area contributed by atoms with E-state index in [0.29, 0.717) is 17.4 Å². The van der Waals surface area contributed by atoms with Crippen molar-refractivity contribution in [1.29, 1.82) is 0 Å². The van der Waals surface area contributed by atoms with Gasteiger partial charge in [-0.25, -0.2) is 13.4 Å². The monoisotopic (exact) mass is 464 g/mol. The van der Waals surface area contributed by atoms with Crippen molar-refractivity contribution in [3.05, 3.63) is 24.3 Å². The van der Waals surface area contributed by atoms with Crippen molar-refractivity contribution in [3.63, 3.8) is 0 Å². The van der Waals surface area contributed by atoms with Gasteiger partial charge < -0.3 is 9.64 Å². The molecule has 8 nitrogen and oxygen atoms in total. The first-order valence-corrected chi connectivity index (χ1v) is 13.5. The number of methoxy groups -OCH3 is 1. The molecule has 1 aromatic carbocycles. The third-order valence-electron chi connectivity index (χ3n) is 6.01. The number of hydrogen-bond acceptors (Lipinski definition) is 7. The summed E-state index contributed by atoms with van der Waals surface area (Å²) >= 11 is 1.28. The largest absolute Gasteiger partial charge is 0.497 e. The van der Waals surface area contributed by atoms with Crippen LogP contribution < -0.4 is 4.74 Å². The Morgan fingerprint density at radius 2 is 1.90 bits per heavy atom. The number of H-pyrrole nitrogens is 1. The number of nitrogens with zero attached hydrogens (tertiary/aromatic N) is 3. The molecule has 4 rings (SSSR count). The average Bonchev–Trinajstić information content (AvgIpc) is 3.39. The normalized spacial score (nSPS) is 21.1. The second-order valence-corrected chi connectivity index (χ2v) is 11.3. The van der Waals surface area contributed by atoms with E-state index in [9.17, 15) is 13.2 Å². The molecule has 1 aromatic heterocycles. The molecule has 1 amide bonds. The molecule has 168 valence electrons. The zero-order valence-electron chi connectivity index (χ0n) is 17.6. The molecule has 1 saturated carbocycles. The number of benzene rings is 1. The highest BCUT2D eigenvalue weighted by Crippen LogP contribution is 2.30. The number of nitrogens with one attached hydrogen (secondary N) is 1. The Morgan fingerprint density at radius 3 is 2.55 bits per heavy atom. The molecule has 1 aliphatic heterocycles. The molecule has 2 heterocycles. The molecule has 1 N–H and O–H groups in total. The molecule has 2 aliphatic rings. The molecule has 10 heteroatoms. The van der Waals surface area contributed by atoms with E-state index in [1.807, 2.05) is 29.2 Å². The van der Waals surface area contributed by atoms with Crippen molar-refractivity contribution in [3.8, 4) is 17.1 Å². The molecule has 31 heavy (non-hydrogen) atoms. The van der Waals surface area contributed by atoms with Crippen LogP contribution in [0, 0.1) is 0 Å². The quantitative estimate of drug-likeness (QED) is 0.628. The summed E-state index contributed by atoms with van der Waals surface area (Å²) in [5.74, 6) is 1.83. The minimum absolute atomic E-state index is 0.0187. The summed E-state index contributed by atoms with van der Waals surface area (Å²) in [5.41, 5.74) is 0.881. The number of carbonyl (C=O) groups excluding carboxylic acids is 1. The summed E-state index contributed by atoms with van der Waals surface area (Å²) in [6.45, 7) is 0. The van der Waals surface area contributed by atoms with E-state index in [-0.39, 0.29) is 35.2 Å². The van der Waals surface area contributed by atoms with Gasteiger partial charge in [0, 0.05) is 17.6 Å². The lowest BCUT2D eigenvalue weighted by Gasteiger charge is -2.38. The average molecular weight is 465 g/mol. The van der Waals surface area contributed by atoms with Crippen molar-refractivity contribution in [2.24, 2.45) is 0 Å². The Morgan fingerprint density at radius 1 is 1.16 bits per heavy atom. The van der Waals surface area contributed by atoms with Gasteiger partial charge in [0.05, 0.1) is 24.4 Å². The van der Waals surface area contributed by atoms with Gasteiger partial charge in [0.15, 0.2) is 15.7 Å². The summed E-state index contributed by atoms with van der Waals surface area (Å²) in [4.78, 5) is 19.6. The minimum atomic E-state index is -3.05. The minimum Gasteiger partial charge on any atom is -0.497 e. The number of hydrogen-bond donors (Lipinski definition) is 1. The first-order chi connectivity index (χ1) is 14.9. The van der Waals surface area contributed by atoms with Crippen LogP contribution in [0.2, 0.25) is 0 Å². The summed E-state index contributed by atoms with van der Waals surface area (Å²) in [7, 11) is -1.43. The van der Waals surface area contributed by atoms with E-state index in [1.54, 1.807) is 7.11 Å².